The smallest absolute Gasteiger partial charge is 0.341 e. The van der Waals surface area contributed by atoms with E-state index in [9.17, 15) is 14.4 Å². The van der Waals surface area contributed by atoms with E-state index in [1.807, 2.05) is 42.5 Å². The van der Waals surface area contributed by atoms with Crippen LogP contribution >= 0.6 is 15.9 Å². The summed E-state index contributed by atoms with van der Waals surface area (Å²) in [7, 11) is 2.77. The Hall–Kier alpha value is -4.63. The normalized spacial score (nSPS) is 12.8. The summed E-state index contributed by atoms with van der Waals surface area (Å²) in [6.07, 6.45) is 3.37. The lowest BCUT2D eigenvalue weighted by atomic mass is 10.0. The van der Waals surface area contributed by atoms with Crippen LogP contribution in [0.25, 0.3) is 0 Å². The highest BCUT2D eigenvalue weighted by Gasteiger charge is 2.25. The van der Waals surface area contributed by atoms with Gasteiger partial charge in [0.05, 0.1) is 37.7 Å². The number of rotatable bonds is 10. The van der Waals surface area contributed by atoms with Crippen molar-refractivity contribution in [2.75, 3.05) is 42.6 Å². The van der Waals surface area contributed by atoms with E-state index in [2.05, 4.69) is 26.3 Å². The molecular weight excluding hydrogens is 622 g/mol. The summed E-state index contributed by atoms with van der Waals surface area (Å²) in [6, 6.07) is 27.4. The summed E-state index contributed by atoms with van der Waals surface area (Å²) in [5.41, 5.74) is 7.70. The molecule has 0 bridgehead atoms. The first-order valence-corrected chi connectivity index (χ1v) is 15.3. The van der Waals surface area contributed by atoms with E-state index >= 15 is 0 Å². The van der Waals surface area contributed by atoms with Gasteiger partial charge in [0.15, 0.2) is 5.78 Å². The number of para-hydroxylation sites is 2. The predicted octanol–water partition coefficient (Wildman–Crippen LogP) is 7.07. The second-order valence-electron chi connectivity index (χ2n) is 10.5. The fourth-order valence-electron chi connectivity index (χ4n) is 5.31. The summed E-state index contributed by atoms with van der Waals surface area (Å²) in [5.74, 6) is -0.523. The number of anilines is 3. The quantitative estimate of drug-likeness (QED) is 0.111. The van der Waals surface area contributed by atoms with Crippen LogP contribution in [0.1, 0.15) is 51.1 Å². The Morgan fingerprint density at radius 3 is 2.18 bits per heavy atom. The van der Waals surface area contributed by atoms with E-state index in [-0.39, 0.29) is 23.7 Å². The molecule has 0 aliphatic carbocycles. The van der Waals surface area contributed by atoms with Crippen molar-refractivity contribution < 1.29 is 23.9 Å². The summed E-state index contributed by atoms with van der Waals surface area (Å²) in [6.45, 7) is 1.82. The Morgan fingerprint density at radius 2 is 1.50 bits per heavy atom. The number of ether oxygens (including phenoxy) is 2. The molecule has 1 heterocycles. The molecular formula is C35H34BrN3O5. The third kappa shape index (κ3) is 6.94. The molecule has 44 heavy (non-hydrogen) atoms. The number of carbonyl (C=O) groups is 3. The molecule has 0 unspecified atom stereocenters. The Labute approximate surface area is 265 Å². The molecule has 0 aromatic heterocycles. The number of hydrogen-bond donors (Lipinski definition) is 1. The third-order valence-corrected chi connectivity index (χ3v) is 8.35. The number of esters is 1. The zero-order valence-electron chi connectivity index (χ0n) is 24.7. The van der Waals surface area contributed by atoms with Gasteiger partial charge in [0, 0.05) is 28.7 Å². The number of hydrazine groups is 1. The molecule has 5 rings (SSSR count). The van der Waals surface area contributed by atoms with Crippen molar-refractivity contribution in [2.45, 2.75) is 25.7 Å². The van der Waals surface area contributed by atoms with Gasteiger partial charge in [-0.1, -0.05) is 58.4 Å². The van der Waals surface area contributed by atoms with Gasteiger partial charge in [0.25, 0.3) is 0 Å². The van der Waals surface area contributed by atoms with Crippen LogP contribution in [0.2, 0.25) is 0 Å². The number of carbonyl (C=O) groups excluding carboxylic acids is 3. The van der Waals surface area contributed by atoms with E-state index < -0.39 is 5.97 Å². The minimum Gasteiger partial charge on any atom is -0.496 e. The summed E-state index contributed by atoms with van der Waals surface area (Å²) >= 11 is 3.53. The standard InChI is InChI=1S/C35H34BrN3O5/c1-43-32-21-26(29(36)23-28(32)35(42)44-2)22-33(40)39(31-14-8-7-13-30(31)38-19-9-4-10-20-38)37-27-17-15-25(16-18-27)34(41)24-11-5-3-6-12-24/h3,5-8,11-18,21,23,37H,4,9-10,19-20,22H2,1-2H3. The van der Waals surface area contributed by atoms with Crippen LogP contribution in [0.3, 0.4) is 0 Å². The number of nitrogens with one attached hydrogen (secondary N) is 1. The van der Waals surface area contributed by atoms with Crippen molar-refractivity contribution in [3.8, 4) is 5.75 Å². The number of methoxy groups -OCH3 is 2. The maximum atomic E-state index is 14.2. The number of halogens is 1. The molecule has 226 valence electrons. The van der Waals surface area contributed by atoms with Crippen molar-refractivity contribution in [1.29, 1.82) is 0 Å². The maximum Gasteiger partial charge on any atom is 0.341 e. The van der Waals surface area contributed by atoms with Crippen LogP contribution in [0.5, 0.6) is 5.75 Å². The number of hydrogen-bond acceptors (Lipinski definition) is 7. The number of nitrogens with zero attached hydrogens (tertiary/aromatic N) is 2. The SMILES string of the molecule is COC(=O)c1cc(Br)c(CC(=O)N(Nc2ccc(C(=O)c3ccccc3)cc2)c2ccccc2N2CCCCC2)cc1OC. The molecule has 9 heteroatoms. The van der Waals surface area contributed by atoms with Gasteiger partial charge in [-0.3, -0.25) is 15.0 Å². The molecule has 1 N–H and O–H groups in total. The van der Waals surface area contributed by atoms with Crippen LogP contribution in [0.15, 0.2) is 95.5 Å². The van der Waals surface area contributed by atoms with Crippen molar-refractivity contribution in [1.82, 2.24) is 0 Å². The molecule has 0 spiro atoms. The molecule has 1 amide bonds. The van der Waals surface area contributed by atoms with Gasteiger partial charge in [0.2, 0.25) is 5.91 Å². The van der Waals surface area contributed by atoms with Gasteiger partial charge >= 0.3 is 5.97 Å². The van der Waals surface area contributed by atoms with Crippen LogP contribution in [-0.2, 0) is 16.0 Å². The Bertz CT molecular complexity index is 1640. The first kappa shape index (κ1) is 30.8. The zero-order chi connectivity index (χ0) is 31.1. The monoisotopic (exact) mass is 655 g/mol. The highest BCUT2D eigenvalue weighted by Crippen LogP contribution is 2.34. The molecule has 1 saturated heterocycles. The highest BCUT2D eigenvalue weighted by atomic mass is 79.9. The van der Waals surface area contributed by atoms with Gasteiger partial charge in [0.1, 0.15) is 11.3 Å². The van der Waals surface area contributed by atoms with Gasteiger partial charge in [-0.2, -0.15) is 0 Å². The largest absolute Gasteiger partial charge is 0.496 e. The van der Waals surface area contributed by atoms with Gasteiger partial charge in [-0.15, -0.1) is 0 Å². The zero-order valence-corrected chi connectivity index (χ0v) is 26.3. The first-order chi connectivity index (χ1) is 21.4. The van der Waals surface area contributed by atoms with E-state index in [4.69, 9.17) is 9.47 Å². The molecule has 0 radical (unpaired) electrons. The fourth-order valence-corrected chi connectivity index (χ4v) is 5.79. The highest BCUT2D eigenvalue weighted by molar-refractivity contribution is 9.10. The van der Waals surface area contributed by atoms with Crippen molar-refractivity contribution in [3.63, 3.8) is 0 Å². The summed E-state index contributed by atoms with van der Waals surface area (Å²) in [4.78, 5) is 41.7. The third-order valence-electron chi connectivity index (χ3n) is 7.61. The predicted molar refractivity (Wildman–Crippen MR) is 176 cm³/mol. The van der Waals surface area contributed by atoms with Crippen molar-refractivity contribution in [3.05, 3.63) is 118 Å². The van der Waals surface area contributed by atoms with Gasteiger partial charge in [-0.25, -0.2) is 9.80 Å². The minimum absolute atomic E-state index is 0.00427. The summed E-state index contributed by atoms with van der Waals surface area (Å²) < 4.78 is 10.9. The van der Waals surface area contributed by atoms with Crippen LogP contribution < -0.4 is 20.1 Å². The van der Waals surface area contributed by atoms with E-state index in [0.717, 1.165) is 37.3 Å². The molecule has 0 atom stereocenters. The van der Waals surface area contributed by atoms with E-state index in [0.29, 0.717) is 32.6 Å². The fraction of sp³-hybridized carbons (Fsp3) is 0.229. The topological polar surface area (TPSA) is 88.2 Å². The van der Waals surface area contributed by atoms with Crippen LogP contribution in [-0.4, -0.2) is 45.0 Å². The van der Waals surface area contributed by atoms with Crippen molar-refractivity contribution >= 4 is 50.7 Å². The van der Waals surface area contributed by atoms with Crippen LogP contribution in [0, 0.1) is 0 Å². The number of amides is 1. The summed E-state index contributed by atoms with van der Waals surface area (Å²) in [5, 5.41) is 1.56. The van der Waals surface area contributed by atoms with E-state index in [1.165, 1.54) is 20.6 Å². The Kier molecular flexibility index (Phi) is 9.96. The van der Waals surface area contributed by atoms with Crippen LogP contribution in [0.4, 0.5) is 17.1 Å². The molecule has 1 fully saturated rings. The lowest BCUT2D eigenvalue weighted by molar-refractivity contribution is -0.117. The van der Waals surface area contributed by atoms with Gasteiger partial charge in [-0.05, 0) is 73.4 Å². The molecule has 1 aliphatic rings. The second kappa shape index (κ2) is 14.2. The van der Waals surface area contributed by atoms with Crippen molar-refractivity contribution in [2.24, 2.45) is 0 Å². The number of ketones is 1. The molecule has 4 aromatic rings. The first-order valence-electron chi connectivity index (χ1n) is 14.5. The average molecular weight is 657 g/mol. The lowest BCUT2D eigenvalue weighted by Crippen LogP contribution is -2.39. The average Bonchev–Trinajstić information content (AvgIpc) is 3.08. The Balaban J connectivity index is 1.48. The lowest BCUT2D eigenvalue weighted by Gasteiger charge is -2.34. The molecule has 0 saturated carbocycles. The molecule has 8 nitrogen and oxygen atoms in total. The molecule has 1 aliphatic heterocycles. The Morgan fingerprint density at radius 1 is 0.841 bits per heavy atom. The number of benzene rings is 4. The second-order valence-corrected chi connectivity index (χ2v) is 11.3. The minimum atomic E-state index is -0.534. The molecule has 4 aromatic carbocycles. The van der Waals surface area contributed by atoms with E-state index in [1.54, 1.807) is 53.5 Å². The number of piperidine rings is 1. The maximum absolute atomic E-state index is 14.2. The van der Waals surface area contributed by atoms with Gasteiger partial charge < -0.3 is 14.4 Å².